The number of benzene rings is 5. The van der Waals surface area contributed by atoms with Crippen molar-refractivity contribution >= 4 is 21.9 Å². The first-order chi connectivity index (χ1) is 18.3. The van der Waals surface area contributed by atoms with Gasteiger partial charge < -0.3 is 4.42 Å². The molecular formula is C34H22N2O. The van der Waals surface area contributed by atoms with Crippen LogP contribution in [-0.2, 0) is 0 Å². The third-order valence-electron chi connectivity index (χ3n) is 6.71. The largest absolute Gasteiger partial charge is 0.456 e. The lowest BCUT2D eigenvalue weighted by Crippen LogP contribution is -1.96. The van der Waals surface area contributed by atoms with Crippen LogP contribution in [0.5, 0.6) is 0 Å². The molecule has 3 heteroatoms. The van der Waals surface area contributed by atoms with Crippen LogP contribution in [-0.4, -0.2) is 9.97 Å². The van der Waals surface area contributed by atoms with Crippen LogP contribution < -0.4 is 0 Å². The summed E-state index contributed by atoms with van der Waals surface area (Å²) in [5.74, 6) is 0.681. The zero-order chi connectivity index (χ0) is 24.6. The maximum Gasteiger partial charge on any atom is 0.161 e. The van der Waals surface area contributed by atoms with Gasteiger partial charge in [0.05, 0.1) is 11.4 Å². The van der Waals surface area contributed by atoms with E-state index < -0.39 is 0 Å². The highest BCUT2D eigenvalue weighted by Gasteiger charge is 2.17. The second-order valence-corrected chi connectivity index (χ2v) is 9.05. The van der Waals surface area contributed by atoms with E-state index in [1.807, 2.05) is 54.6 Å². The SMILES string of the molecule is c1ccc(-c2ccc3c(c2)oc2cccc(-c4nc(-c5ccccc5)cc(-c5ccccc5)n4)c23)cc1. The molecule has 0 aliphatic rings. The van der Waals surface area contributed by atoms with Gasteiger partial charge >= 0.3 is 0 Å². The van der Waals surface area contributed by atoms with Gasteiger partial charge in [-0.2, -0.15) is 0 Å². The molecule has 37 heavy (non-hydrogen) atoms. The molecule has 7 aromatic rings. The van der Waals surface area contributed by atoms with Gasteiger partial charge in [0, 0.05) is 27.5 Å². The molecule has 0 aliphatic heterocycles. The zero-order valence-electron chi connectivity index (χ0n) is 20.0. The molecule has 2 heterocycles. The maximum absolute atomic E-state index is 6.35. The minimum atomic E-state index is 0.681. The van der Waals surface area contributed by atoms with Crippen molar-refractivity contribution in [1.29, 1.82) is 0 Å². The molecule has 5 aromatic carbocycles. The average molecular weight is 475 g/mol. The summed E-state index contributed by atoms with van der Waals surface area (Å²) in [6.45, 7) is 0. The van der Waals surface area contributed by atoms with Crippen molar-refractivity contribution in [3.05, 3.63) is 133 Å². The Labute approximate surface area is 214 Å². The van der Waals surface area contributed by atoms with E-state index >= 15 is 0 Å². The molecule has 0 bridgehead atoms. The van der Waals surface area contributed by atoms with E-state index in [0.29, 0.717) is 5.82 Å². The minimum Gasteiger partial charge on any atom is -0.456 e. The zero-order valence-corrected chi connectivity index (χ0v) is 20.0. The molecule has 0 saturated carbocycles. The van der Waals surface area contributed by atoms with E-state index in [9.17, 15) is 0 Å². The lowest BCUT2D eigenvalue weighted by atomic mass is 10.0. The van der Waals surface area contributed by atoms with E-state index in [1.165, 1.54) is 0 Å². The normalized spacial score (nSPS) is 11.2. The molecule has 0 aliphatic carbocycles. The van der Waals surface area contributed by atoms with Gasteiger partial charge in [0.15, 0.2) is 5.82 Å². The quantitative estimate of drug-likeness (QED) is 0.255. The molecule has 0 spiro atoms. The number of nitrogens with zero attached hydrogens (tertiary/aromatic N) is 2. The van der Waals surface area contributed by atoms with Crippen molar-refractivity contribution < 1.29 is 4.42 Å². The van der Waals surface area contributed by atoms with Crippen LogP contribution in [0.15, 0.2) is 138 Å². The standard InChI is InChI=1S/C34H22N2O/c1-4-11-23(12-5-1)26-19-20-27-32(21-26)37-31-18-10-17-28(33(27)31)34-35-29(24-13-6-2-7-14-24)22-30(36-34)25-15-8-3-9-16-25/h1-22H. The molecule has 0 N–H and O–H groups in total. The van der Waals surface area contributed by atoms with Crippen molar-refractivity contribution in [2.24, 2.45) is 0 Å². The summed E-state index contributed by atoms with van der Waals surface area (Å²) in [7, 11) is 0. The van der Waals surface area contributed by atoms with Crippen molar-refractivity contribution in [3.8, 4) is 45.0 Å². The monoisotopic (exact) mass is 474 g/mol. The van der Waals surface area contributed by atoms with Gasteiger partial charge in [0.25, 0.3) is 0 Å². The highest BCUT2D eigenvalue weighted by atomic mass is 16.3. The summed E-state index contributed by atoms with van der Waals surface area (Å²) in [5.41, 5.74) is 8.82. The molecule has 0 unspecified atom stereocenters. The van der Waals surface area contributed by atoms with E-state index in [1.54, 1.807) is 0 Å². The Balaban J connectivity index is 1.45. The Morgan fingerprint density at radius 2 is 1.03 bits per heavy atom. The Hall–Kier alpha value is -5.02. The Morgan fingerprint density at radius 1 is 0.432 bits per heavy atom. The van der Waals surface area contributed by atoms with E-state index in [0.717, 1.165) is 61.1 Å². The van der Waals surface area contributed by atoms with Crippen molar-refractivity contribution in [2.45, 2.75) is 0 Å². The van der Waals surface area contributed by atoms with Gasteiger partial charge in [-0.1, -0.05) is 109 Å². The number of hydrogen-bond acceptors (Lipinski definition) is 3. The van der Waals surface area contributed by atoms with E-state index in [2.05, 4.69) is 78.9 Å². The molecule has 0 amide bonds. The number of fused-ring (bicyclic) bond motifs is 3. The first kappa shape index (κ1) is 21.3. The highest BCUT2D eigenvalue weighted by molar-refractivity contribution is 6.12. The van der Waals surface area contributed by atoms with Gasteiger partial charge in [0.1, 0.15) is 11.2 Å². The Morgan fingerprint density at radius 3 is 1.65 bits per heavy atom. The summed E-state index contributed by atoms with van der Waals surface area (Å²) in [5, 5.41) is 2.08. The minimum absolute atomic E-state index is 0.681. The lowest BCUT2D eigenvalue weighted by Gasteiger charge is -2.10. The fourth-order valence-corrected chi connectivity index (χ4v) is 4.90. The average Bonchev–Trinajstić information content (AvgIpc) is 3.36. The molecule has 0 radical (unpaired) electrons. The van der Waals surface area contributed by atoms with Crippen LogP contribution in [0, 0.1) is 0 Å². The second-order valence-electron chi connectivity index (χ2n) is 9.05. The van der Waals surface area contributed by atoms with Gasteiger partial charge in [-0.3, -0.25) is 0 Å². The fourth-order valence-electron chi connectivity index (χ4n) is 4.90. The highest BCUT2D eigenvalue weighted by Crippen LogP contribution is 2.38. The van der Waals surface area contributed by atoms with Crippen LogP contribution in [0.2, 0.25) is 0 Å². The van der Waals surface area contributed by atoms with Gasteiger partial charge in [-0.05, 0) is 35.4 Å². The summed E-state index contributed by atoms with van der Waals surface area (Å²) in [6, 6.07) is 45.5. The molecule has 3 nitrogen and oxygen atoms in total. The van der Waals surface area contributed by atoms with E-state index in [4.69, 9.17) is 14.4 Å². The third-order valence-corrected chi connectivity index (χ3v) is 6.71. The molecule has 7 rings (SSSR count). The summed E-state index contributed by atoms with van der Waals surface area (Å²) in [4.78, 5) is 10.1. The third kappa shape index (κ3) is 3.87. The van der Waals surface area contributed by atoms with Crippen LogP contribution in [0.3, 0.4) is 0 Å². The van der Waals surface area contributed by atoms with Gasteiger partial charge in [0.2, 0.25) is 0 Å². The maximum atomic E-state index is 6.35. The molecular weight excluding hydrogens is 452 g/mol. The number of hydrogen-bond donors (Lipinski definition) is 0. The molecule has 2 aromatic heterocycles. The second kappa shape index (κ2) is 8.89. The number of furan rings is 1. The lowest BCUT2D eigenvalue weighted by molar-refractivity contribution is 0.669. The van der Waals surface area contributed by atoms with Crippen molar-refractivity contribution in [3.63, 3.8) is 0 Å². The molecule has 0 saturated heterocycles. The molecule has 0 atom stereocenters. The number of rotatable bonds is 4. The molecule has 0 fully saturated rings. The summed E-state index contributed by atoms with van der Waals surface area (Å²) < 4.78 is 6.35. The first-order valence-electron chi connectivity index (χ1n) is 12.3. The predicted molar refractivity (Wildman–Crippen MR) is 151 cm³/mol. The van der Waals surface area contributed by atoms with Crippen LogP contribution >= 0.6 is 0 Å². The Kier molecular flexibility index (Phi) is 5.11. The van der Waals surface area contributed by atoms with Crippen molar-refractivity contribution in [2.75, 3.05) is 0 Å². The summed E-state index contributed by atoms with van der Waals surface area (Å²) >= 11 is 0. The van der Waals surface area contributed by atoms with Crippen LogP contribution in [0.25, 0.3) is 67.0 Å². The fraction of sp³-hybridized carbons (Fsp3) is 0. The topological polar surface area (TPSA) is 38.9 Å². The van der Waals surface area contributed by atoms with Crippen molar-refractivity contribution in [1.82, 2.24) is 9.97 Å². The van der Waals surface area contributed by atoms with Gasteiger partial charge in [-0.25, -0.2) is 9.97 Å². The number of aromatic nitrogens is 2. The van der Waals surface area contributed by atoms with Crippen LogP contribution in [0.4, 0.5) is 0 Å². The predicted octanol–water partition coefficient (Wildman–Crippen LogP) is 9.04. The van der Waals surface area contributed by atoms with Crippen LogP contribution in [0.1, 0.15) is 0 Å². The molecule has 174 valence electrons. The van der Waals surface area contributed by atoms with E-state index in [-0.39, 0.29) is 0 Å². The Bertz CT molecular complexity index is 1800. The van der Waals surface area contributed by atoms with Gasteiger partial charge in [-0.15, -0.1) is 0 Å². The summed E-state index contributed by atoms with van der Waals surface area (Å²) in [6.07, 6.45) is 0. The smallest absolute Gasteiger partial charge is 0.161 e. The first-order valence-corrected chi connectivity index (χ1v) is 12.3.